The largest absolute Gasteiger partial charge is 0.382 e. The number of rotatable bonds is 6. The standard InChI is InChI=1S/C17H26N2O2/c18-15(11-13-7-3-1-4-8-13)16(20)17(21)19-12-14-9-5-2-6-10-14/h1,3-4,7-8,14-16,20H,2,5-6,9-12,18H2,(H,19,21)/t15-,16?/m0/s1. The summed E-state index contributed by atoms with van der Waals surface area (Å²) in [6, 6.07) is 9.12. The van der Waals surface area contributed by atoms with Crippen LogP contribution in [0, 0.1) is 5.92 Å². The Balaban J connectivity index is 1.75. The van der Waals surface area contributed by atoms with E-state index in [2.05, 4.69) is 5.32 Å². The van der Waals surface area contributed by atoms with E-state index >= 15 is 0 Å². The van der Waals surface area contributed by atoms with Crippen molar-refractivity contribution in [3.63, 3.8) is 0 Å². The van der Waals surface area contributed by atoms with Gasteiger partial charge in [0.25, 0.3) is 0 Å². The number of hydrogen-bond acceptors (Lipinski definition) is 3. The summed E-state index contributed by atoms with van der Waals surface area (Å²) in [5.74, 6) is 0.212. The Kier molecular flexibility index (Phi) is 6.21. The smallest absolute Gasteiger partial charge is 0.250 e. The van der Waals surface area contributed by atoms with E-state index in [0.29, 0.717) is 18.9 Å². The van der Waals surface area contributed by atoms with Crippen LogP contribution in [0.5, 0.6) is 0 Å². The average molecular weight is 290 g/mol. The van der Waals surface area contributed by atoms with Gasteiger partial charge in [0.2, 0.25) is 5.91 Å². The van der Waals surface area contributed by atoms with E-state index in [0.717, 1.165) is 5.56 Å². The van der Waals surface area contributed by atoms with Gasteiger partial charge in [-0.2, -0.15) is 0 Å². The molecule has 0 radical (unpaired) electrons. The van der Waals surface area contributed by atoms with E-state index in [4.69, 9.17) is 5.73 Å². The Hall–Kier alpha value is -1.39. The van der Waals surface area contributed by atoms with Gasteiger partial charge >= 0.3 is 0 Å². The third-order valence-corrected chi connectivity index (χ3v) is 4.28. The minimum absolute atomic E-state index is 0.344. The van der Waals surface area contributed by atoms with E-state index in [1.165, 1.54) is 32.1 Å². The fourth-order valence-corrected chi connectivity index (χ4v) is 2.93. The Labute approximate surface area is 126 Å². The summed E-state index contributed by atoms with van der Waals surface area (Å²) in [5.41, 5.74) is 6.98. The predicted octanol–water partition coefficient (Wildman–Crippen LogP) is 1.61. The number of amides is 1. The molecule has 1 aliphatic carbocycles. The first-order chi connectivity index (χ1) is 10.2. The van der Waals surface area contributed by atoms with E-state index < -0.39 is 12.1 Å². The molecule has 2 rings (SSSR count). The van der Waals surface area contributed by atoms with Crippen molar-refractivity contribution in [3.05, 3.63) is 35.9 Å². The number of hydrogen-bond donors (Lipinski definition) is 3. The maximum atomic E-state index is 12.0. The third kappa shape index (κ3) is 5.14. The third-order valence-electron chi connectivity index (χ3n) is 4.28. The molecular formula is C17H26N2O2. The van der Waals surface area contributed by atoms with E-state index in [9.17, 15) is 9.90 Å². The summed E-state index contributed by atoms with van der Waals surface area (Å²) in [7, 11) is 0. The van der Waals surface area contributed by atoms with Gasteiger partial charge in [0, 0.05) is 12.6 Å². The van der Waals surface area contributed by atoms with Crippen LogP contribution in [0.2, 0.25) is 0 Å². The molecule has 0 saturated heterocycles. The van der Waals surface area contributed by atoms with Crippen LogP contribution in [-0.2, 0) is 11.2 Å². The molecule has 4 nitrogen and oxygen atoms in total. The van der Waals surface area contributed by atoms with Crippen molar-refractivity contribution in [2.75, 3.05) is 6.54 Å². The molecule has 1 aromatic carbocycles. The fourth-order valence-electron chi connectivity index (χ4n) is 2.93. The van der Waals surface area contributed by atoms with Gasteiger partial charge < -0.3 is 16.2 Å². The summed E-state index contributed by atoms with van der Waals surface area (Å²) in [5, 5.41) is 12.9. The first-order valence-electron chi connectivity index (χ1n) is 7.92. The molecule has 1 unspecified atom stereocenters. The number of benzene rings is 1. The molecule has 116 valence electrons. The minimum Gasteiger partial charge on any atom is -0.382 e. The second-order valence-corrected chi connectivity index (χ2v) is 6.05. The van der Waals surface area contributed by atoms with Crippen molar-refractivity contribution in [1.29, 1.82) is 0 Å². The zero-order valence-corrected chi connectivity index (χ0v) is 12.5. The van der Waals surface area contributed by atoms with Crippen molar-refractivity contribution in [1.82, 2.24) is 5.32 Å². The molecule has 4 N–H and O–H groups in total. The number of nitrogens with one attached hydrogen (secondary N) is 1. The molecule has 1 amide bonds. The summed E-state index contributed by atoms with van der Waals surface area (Å²) < 4.78 is 0. The quantitative estimate of drug-likeness (QED) is 0.745. The van der Waals surface area contributed by atoms with Crippen LogP contribution < -0.4 is 11.1 Å². The molecule has 1 saturated carbocycles. The summed E-state index contributed by atoms with van der Waals surface area (Å²) in [6.45, 7) is 0.661. The second kappa shape index (κ2) is 8.15. The lowest BCUT2D eigenvalue weighted by molar-refractivity contribution is -0.130. The molecule has 2 atom stereocenters. The molecule has 0 spiro atoms. The van der Waals surface area contributed by atoms with Crippen LogP contribution >= 0.6 is 0 Å². The van der Waals surface area contributed by atoms with Gasteiger partial charge in [-0.05, 0) is 30.7 Å². The highest BCUT2D eigenvalue weighted by Crippen LogP contribution is 2.22. The number of carbonyl (C=O) groups excluding carboxylic acids is 1. The van der Waals surface area contributed by atoms with Crippen LogP contribution in [0.1, 0.15) is 37.7 Å². The van der Waals surface area contributed by atoms with Crippen molar-refractivity contribution < 1.29 is 9.90 Å². The van der Waals surface area contributed by atoms with Crippen molar-refractivity contribution in [2.24, 2.45) is 11.7 Å². The molecule has 0 heterocycles. The zero-order chi connectivity index (χ0) is 15.1. The molecule has 4 heteroatoms. The Bertz CT molecular complexity index is 430. The van der Waals surface area contributed by atoms with Crippen molar-refractivity contribution in [2.45, 2.75) is 50.7 Å². The second-order valence-electron chi connectivity index (χ2n) is 6.05. The Morgan fingerprint density at radius 3 is 2.57 bits per heavy atom. The van der Waals surface area contributed by atoms with Crippen LogP contribution in [0.4, 0.5) is 0 Å². The molecule has 1 fully saturated rings. The van der Waals surface area contributed by atoms with Crippen molar-refractivity contribution >= 4 is 5.91 Å². The molecule has 1 aromatic rings. The SMILES string of the molecule is N[C@@H](Cc1ccccc1)C(O)C(=O)NCC1CCCCC1. The topological polar surface area (TPSA) is 75.3 Å². The number of carbonyl (C=O) groups is 1. The van der Waals surface area contributed by atoms with E-state index in [-0.39, 0.29) is 5.91 Å². The average Bonchev–Trinajstić information content (AvgIpc) is 2.53. The lowest BCUT2D eigenvalue weighted by atomic mass is 9.89. The highest BCUT2D eigenvalue weighted by atomic mass is 16.3. The summed E-state index contributed by atoms with van der Waals surface area (Å²) in [6.07, 6.45) is 5.49. The lowest BCUT2D eigenvalue weighted by Crippen LogP contribution is -2.48. The highest BCUT2D eigenvalue weighted by Gasteiger charge is 2.24. The van der Waals surface area contributed by atoms with Gasteiger partial charge in [0.1, 0.15) is 6.10 Å². The zero-order valence-electron chi connectivity index (χ0n) is 12.5. The van der Waals surface area contributed by atoms with Crippen molar-refractivity contribution in [3.8, 4) is 0 Å². The number of nitrogens with two attached hydrogens (primary N) is 1. The van der Waals surface area contributed by atoms with Gasteiger partial charge in [-0.25, -0.2) is 0 Å². The van der Waals surface area contributed by atoms with Gasteiger partial charge in [0.05, 0.1) is 0 Å². The summed E-state index contributed by atoms with van der Waals surface area (Å²) in [4.78, 5) is 12.0. The van der Waals surface area contributed by atoms with Gasteiger partial charge in [0.15, 0.2) is 0 Å². The predicted molar refractivity (Wildman–Crippen MR) is 83.7 cm³/mol. The molecular weight excluding hydrogens is 264 g/mol. The molecule has 0 aromatic heterocycles. The Morgan fingerprint density at radius 2 is 1.90 bits per heavy atom. The van der Waals surface area contributed by atoms with Crippen LogP contribution in [-0.4, -0.2) is 29.7 Å². The van der Waals surface area contributed by atoms with Gasteiger partial charge in [-0.15, -0.1) is 0 Å². The van der Waals surface area contributed by atoms with E-state index in [1.54, 1.807) is 0 Å². The number of aliphatic hydroxyl groups is 1. The molecule has 1 aliphatic rings. The fraction of sp³-hybridized carbons (Fsp3) is 0.588. The summed E-state index contributed by atoms with van der Waals surface area (Å²) >= 11 is 0. The molecule has 0 bridgehead atoms. The van der Waals surface area contributed by atoms with Crippen LogP contribution in [0.25, 0.3) is 0 Å². The first kappa shape index (κ1) is 16.0. The lowest BCUT2D eigenvalue weighted by Gasteiger charge is -2.23. The van der Waals surface area contributed by atoms with Gasteiger partial charge in [-0.3, -0.25) is 4.79 Å². The molecule has 21 heavy (non-hydrogen) atoms. The maximum absolute atomic E-state index is 12.0. The first-order valence-corrected chi connectivity index (χ1v) is 7.92. The number of aliphatic hydroxyl groups excluding tert-OH is 1. The molecule has 0 aliphatic heterocycles. The normalized spacial score (nSPS) is 19.0. The Morgan fingerprint density at radius 1 is 1.24 bits per heavy atom. The highest BCUT2D eigenvalue weighted by molar-refractivity contribution is 5.81. The maximum Gasteiger partial charge on any atom is 0.250 e. The van der Waals surface area contributed by atoms with E-state index in [1.807, 2.05) is 30.3 Å². The van der Waals surface area contributed by atoms with Crippen LogP contribution in [0.15, 0.2) is 30.3 Å². The minimum atomic E-state index is -1.14. The van der Waals surface area contributed by atoms with Gasteiger partial charge in [-0.1, -0.05) is 49.6 Å². The van der Waals surface area contributed by atoms with Crippen LogP contribution in [0.3, 0.4) is 0 Å². The monoisotopic (exact) mass is 290 g/mol.